The van der Waals surface area contributed by atoms with E-state index in [1.54, 1.807) is 12.1 Å². The van der Waals surface area contributed by atoms with Crippen LogP contribution in [0.3, 0.4) is 0 Å². The van der Waals surface area contributed by atoms with E-state index in [0.29, 0.717) is 5.75 Å². The average Bonchev–Trinajstić information content (AvgIpc) is 2.19. The van der Waals surface area contributed by atoms with Gasteiger partial charge in [0, 0.05) is 29.4 Å². The van der Waals surface area contributed by atoms with Crippen molar-refractivity contribution in [2.75, 3.05) is 0 Å². The van der Waals surface area contributed by atoms with E-state index in [-0.39, 0.29) is 0 Å². The Morgan fingerprint density at radius 3 is 2.57 bits per heavy atom. The molecule has 0 amide bonds. The van der Waals surface area contributed by atoms with Gasteiger partial charge in [-0.05, 0) is 34.5 Å². The lowest BCUT2D eigenvalue weighted by atomic mass is 10.1. The van der Waals surface area contributed by atoms with E-state index >= 15 is 0 Å². The fourth-order valence-corrected chi connectivity index (χ4v) is 1.91. The minimum absolute atomic E-state index is 0.317. The molecule has 0 radical (unpaired) electrons. The highest BCUT2D eigenvalue weighted by Crippen LogP contribution is 2.20. The smallest absolute Gasteiger partial charge is 0.116 e. The van der Waals surface area contributed by atoms with Crippen LogP contribution in [0.1, 0.15) is 5.56 Å². The van der Waals surface area contributed by atoms with Gasteiger partial charge in [0.15, 0.2) is 0 Å². The second-order valence-corrected chi connectivity index (χ2v) is 3.94. The summed E-state index contributed by atoms with van der Waals surface area (Å²) in [5, 5.41) is 11.5. The molecule has 0 spiro atoms. The Balaban J connectivity index is 2.50. The maximum atomic E-state index is 9.29. The Bertz CT molecular complexity index is 456. The zero-order valence-corrected chi connectivity index (χ0v) is 9.65. The number of hydrogen-bond acceptors (Lipinski definition) is 2. The van der Waals surface area contributed by atoms with Gasteiger partial charge in [-0.15, -0.1) is 0 Å². The number of phenolic OH excluding ortho intramolecular Hbond substituents is 1. The highest BCUT2D eigenvalue weighted by molar-refractivity contribution is 14.1. The first kappa shape index (κ1) is 9.73. The predicted molar refractivity (Wildman–Crippen MR) is 66.5 cm³/mol. The maximum Gasteiger partial charge on any atom is 0.116 e. The minimum Gasteiger partial charge on any atom is -0.508 e. The van der Waals surface area contributed by atoms with Crippen molar-refractivity contribution in [1.82, 2.24) is 3.53 Å². The zero-order chi connectivity index (χ0) is 9.97. The largest absolute Gasteiger partial charge is 0.508 e. The summed E-state index contributed by atoms with van der Waals surface area (Å²) >= 11 is 2.13. The number of fused-ring (bicyclic) bond motifs is 1. The van der Waals surface area contributed by atoms with Gasteiger partial charge in [0.25, 0.3) is 0 Å². The van der Waals surface area contributed by atoms with Crippen LogP contribution in [-0.2, 0) is 6.54 Å². The van der Waals surface area contributed by atoms with Crippen molar-refractivity contribution in [3.63, 3.8) is 0 Å². The normalized spacial score (nSPS) is 10.6. The van der Waals surface area contributed by atoms with Gasteiger partial charge < -0.3 is 5.11 Å². The van der Waals surface area contributed by atoms with Gasteiger partial charge in [-0.1, -0.05) is 18.2 Å². The van der Waals surface area contributed by atoms with Crippen LogP contribution in [0.15, 0.2) is 36.4 Å². The molecule has 0 aliphatic heterocycles. The summed E-state index contributed by atoms with van der Waals surface area (Å²) in [5.74, 6) is 0.317. The molecule has 2 rings (SSSR count). The molecule has 2 N–H and O–H groups in total. The van der Waals surface area contributed by atoms with E-state index in [0.717, 1.165) is 17.3 Å². The highest BCUT2D eigenvalue weighted by atomic mass is 127. The van der Waals surface area contributed by atoms with Crippen LogP contribution >= 0.6 is 22.9 Å². The van der Waals surface area contributed by atoms with Crippen molar-refractivity contribution in [2.45, 2.75) is 6.54 Å². The van der Waals surface area contributed by atoms with Gasteiger partial charge in [0.2, 0.25) is 0 Å². The Kier molecular flexibility index (Phi) is 2.88. The van der Waals surface area contributed by atoms with Crippen LogP contribution in [0.4, 0.5) is 0 Å². The van der Waals surface area contributed by atoms with Crippen LogP contribution in [0.2, 0.25) is 0 Å². The second kappa shape index (κ2) is 4.14. The first-order chi connectivity index (χ1) is 6.79. The number of benzene rings is 2. The maximum absolute atomic E-state index is 9.29. The molecule has 0 aromatic heterocycles. The Labute approximate surface area is 96.4 Å². The molecule has 0 heterocycles. The summed E-state index contributed by atoms with van der Waals surface area (Å²) in [5.41, 5.74) is 1.25. The van der Waals surface area contributed by atoms with E-state index < -0.39 is 0 Å². The van der Waals surface area contributed by atoms with Crippen molar-refractivity contribution in [3.05, 3.63) is 42.0 Å². The van der Waals surface area contributed by atoms with E-state index in [1.165, 1.54) is 5.56 Å². The molecule has 0 bridgehead atoms. The van der Waals surface area contributed by atoms with Gasteiger partial charge in [0.05, 0.1) is 0 Å². The molecule has 0 aliphatic carbocycles. The standard InChI is InChI=1S/C11H10INO/c12-13-7-8-1-2-10-6-11(14)4-3-9(10)5-8/h1-6,13-14H,7H2. The summed E-state index contributed by atoms with van der Waals surface area (Å²) in [6.07, 6.45) is 0. The van der Waals surface area contributed by atoms with Gasteiger partial charge in [-0.2, -0.15) is 0 Å². The lowest BCUT2D eigenvalue weighted by molar-refractivity contribution is 0.476. The van der Waals surface area contributed by atoms with Crippen molar-refractivity contribution in [3.8, 4) is 5.75 Å². The fraction of sp³-hybridized carbons (Fsp3) is 0.0909. The fourth-order valence-electron chi connectivity index (χ4n) is 1.47. The third kappa shape index (κ3) is 1.99. The Morgan fingerprint density at radius 2 is 1.79 bits per heavy atom. The zero-order valence-electron chi connectivity index (χ0n) is 7.50. The number of aromatic hydroxyl groups is 1. The quantitative estimate of drug-likeness (QED) is 0.660. The van der Waals surface area contributed by atoms with Crippen molar-refractivity contribution in [2.24, 2.45) is 0 Å². The predicted octanol–water partition coefficient (Wildman–Crippen LogP) is 2.99. The van der Waals surface area contributed by atoms with Crippen LogP contribution in [0.5, 0.6) is 5.75 Å². The molecule has 0 saturated carbocycles. The monoisotopic (exact) mass is 299 g/mol. The van der Waals surface area contributed by atoms with Crippen LogP contribution in [0, 0.1) is 0 Å². The van der Waals surface area contributed by atoms with Gasteiger partial charge in [-0.3, -0.25) is 3.53 Å². The number of rotatable bonds is 2. The SMILES string of the molecule is Oc1ccc2cc(CNI)ccc2c1. The molecule has 2 aromatic carbocycles. The summed E-state index contributed by atoms with van der Waals surface area (Å²) in [7, 11) is 0. The minimum atomic E-state index is 0.317. The lowest BCUT2D eigenvalue weighted by Crippen LogP contribution is -1.96. The van der Waals surface area contributed by atoms with Crippen molar-refractivity contribution >= 4 is 33.6 Å². The molecule has 3 heteroatoms. The highest BCUT2D eigenvalue weighted by Gasteiger charge is 1.97. The number of halogens is 1. The number of nitrogens with one attached hydrogen (secondary N) is 1. The van der Waals surface area contributed by atoms with Crippen LogP contribution < -0.4 is 3.53 Å². The molecule has 0 aliphatic rings. The molecule has 2 nitrogen and oxygen atoms in total. The van der Waals surface area contributed by atoms with Crippen molar-refractivity contribution in [1.29, 1.82) is 0 Å². The summed E-state index contributed by atoms with van der Waals surface area (Å²) in [4.78, 5) is 0. The van der Waals surface area contributed by atoms with Crippen LogP contribution in [-0.4, -0.2) is 5.11 Å². The van der Waals surface area contributed by atoms with E-state index in [9.17, 15) is 5.11 Å². The Morgan fingerprint density at radius 1 is 1.07 bits per heavy atom. The third-order valence-corrected chi connectivity index (χ3v) is 2.54. The van der Waals surface area contributed by atoms with Gasteiger partial charge >= 0.3 is 0 Å². The summed E-state index contributed by atoms with van der Waals surface area (Å²) in [6.45, 7) is 0.859. The molecule has 2 aromatic rings. The third-order valence-electron chi connectivity index (χ3n) is 2.16. The molecule has 0 fully saturated rings. The molecular weight excluding hydrogens is 289 g/mol. The van der Waals surface area contributed by atoms with E-state index in [4.69, 9.17) is 0 Å². The molecule has 0 saturated heterocycles. The van der Waals surface area contributed by atoms with Gasteiger partial charge in [0.1, 0.15) is 5.75 Å². The summed E-state index contributed by atoms with van der Waals surface area (Å²) in [6, 6.07) is 11.6. The molecule has 0 atom stereocenters. The topological polar surface area (TPSA) is 32.3 Å². The average molecular weight is 299 g/mol. The lowest BCUT2D eigenvalue weighted by Gasteiger charge is -2.02. The molecule has 0 unspecified atom stereocenters. The van der Waals surface area contributed by atoms with Crippen molar-refractivity contribution < 1.29 is 5.11 Å². The second-order valence-electron chi connectivity index (χ2n) is 3.18. The van der Waals surface area contributed by atoms with Gasteiger partial charge in [-0.25, -0.2) is 0 Å². The van der Waals surface area contributed by atoms with Crippen LogP contribution in [0.25, 0.3) is 10.8 Å². The number of hydrogen-bond donors (Lipinski definition) is 2. The molecule has 72 valence electrons. The first-order valence-corrected chi connectivity index (χ1v) is 5.42. The summed E-state index contributed by atoms with van der Waals surface area (Å²) < 4.78 is 3.08. The van der Waals surface area contributed by atoms with E-state index in [2.05, 4.69) is 38.5 Å². The van der Waals surface area contributed by atoms with E-state index in [1.807, 2.05) is 12.1 Å². The molecular formula is C11H10INO. The molecule has 14 heavy (non-hydrogen) atoms. The first-order valence-electron chi connectivity index (χ1n) is 4.35. The Hall–Kier alpha value is -0.810. The number of phenols is 1.